The second-order valence-electron chi connectivity index (χ2n) is 5.23. The minimum absolute atomic E-state index is 0.0264. The first-order valence-electron chi connectivity index (χ1n) is 6.65. The van der Waals surface area contributed by atoms with Gasteiger partial charge in [0.2, 0.25) is 5.91 Å². The van der Waals surface area contributed by atoms with Gasteiger partial charge in [0, 0.05) is 21.4 Å². The van der Waals surface area contributed by atoms with Gasteiger partial charge in [0.15, 0.2) is 5.78 Å². The molecule has 2 aliphatic heterocycles. The van der Waals surface area contributed by atoms with Gasteiger partial charge in [-0.25, -0.2) is 0 Å². The Morgan fingerprint density at radius 1 is 1.00 bits per heavy atom. The predicted molar refractivity (Wildman–Crippen MR) is 83.7 cm³/mol. The Balaban J connectivity index is 1.77. The lowest BCUT2D eigenvalue weighted by molar-refractivity contribution is -0.117. The van der Waals surface area contributed by atoms with Crippen molar-refractivity contribution in [3.05, 3.63) is 58.1 Å². The van der Waals surface area contributed by atoms with E-state index in [2.05, 4.69) is 26.6 Å². The summed E-state index contributed by atoms with van der Waals surface area (Å²) in [6.07, 6.45) is 0. The molecule has 0 bridgehead atoms. The summed E-state index contributed by atoms with van der Waals surface area (Å²) in [6, 6.07) is 12.5. The average molecular weight is 343 g/mol. The van der Waals surface area contributed by atoms with Crippen LogP contribution in [0, 0.1) is 0 Å². The predicted octanol–water partition coefficient (Wildman–Crippen LogP) is 3.16. The van der Waals surface area contributed by atoms with Crippen LogP contribution in [0.4, 0.5) is 11.4 Å². The summed E-state index contributed by atoms with van der Waals surface area (Å²) in [5.41, 5.74) is 3.08. The van der Waals surface area contributed by atoms with Crippen LogP contribution in [0.2, 0.25) is 0 Å². The summed E-state index contributed by atoms with van der Waals surface area (Å²) >= 11 is 3.39. The van der Waals surface area contributed by atoms with Crippen LogP contribution in [0.1, 0.15) is 21.8 Å². The molecule has 0 spiro atoms. The maximum Gasteiger partial charge on any atom is 0.234 e. The third-order valence-electron chi connectivity index (χ3n) is 4.01. The fraction of sp³-hybridized carbons (Fsp3) is 0.125. The molecule has 2 aromatic carbocycles. The standard InChI is InChI=1S/C16H11BrN2O2/c17-8-5-6-9-12(7-8)19-16(21)13(9)14-15(20)10-3-1-2-4-11(10)18-14/h1-7,13-14,18H,(H,19,21). The number of benzene rings is 2. The van der Waals surface area contributed by atoms with Crippen LogP contribution in [0.3, 0.4) is 0 Å². The van der Waals surface area contributed by atoms with Crippen molar-refractivity contribution in [3.8, 4) is 0 Å². The highest BCUT2D eigenvalue weighted by Gasteiger charge is 2.44. The number of rotatable bonds is 1. The molecule has 5 heteroatoms. The van der Waals surface area contributed by atoms with Crippen LogP contribution in [0.5, 0.6) is 0 Å². The first kappa shape index (κ1) is 12.6. The van der Waals surface area contributed by atoms with Crippen molar-refractivity contribution >= 4 is 39.0 Å². The molecule has 0 saturated carbocycles. The van der Waals surface area contributed by atoms with Gasteiger partial charge < -0.3 is 10.6 Å². The fourth-order valence-corrected chi connectivity index (χ4v) is 3.41. The van der Waals surface area contributed by atoms with Crippen LogP contribution in [0.25, 0.3) is 0 Å². The topological polar surface area (TPSA) is 58.2 Å². The third-order valence-corrected chi connectivity index (χ3v) is 4.50. The van der Waals surface area contributed by atoms with Gasteiger partial charge in [-0.3, -0.25) is 9.59 Å². The molecule has 2 heterocycles. The van der Waals surface area contributed by atoms with E-state index >= 15 is 0 Å². The molecule has 0 fully saturated rings. The van der Waals surface area contributed by atoms with Crippen LogP contribution in [-0.4, -0.2) is 17.7 Å². The monoisotopic (exact) mass is 342 g/mol. The normalized spacial score (nSPS) is 22.5. The Morgan fingerprint density at radius 3 is 2.62 bits per heavy atom. The number of fused-ring (bicyclic) bond motifs is 2. The highest BCUT2D eigenvalue weighted by molar-refractivity contribution is 9.10. The number of para-hydroxylation sites is 1. The van der Waals surface area contributed by atoms with Crippen molar-refractivity contribution < 1.29 is 9.59 Å². The van der Waals surface area contributed by atoms with Gasteiger partial charge in [0.05, 0.1) is 5.92 Å². The van der Waals surface area contributed by atoms with E-state index < -0.39 is 12.0 Å². The zero-order valence-electron chi connectivity index (χ0n) is 10.9. The van der Waals surface area contributed by atoms with Crippen LogP contribution >= 0.6 is 15.9 Å². The average Bonchev–Trinajstić information content (AvgIpc) is 2.95. The minimum Gasteiger partial charge on any atom is -0.373 e. The van der Waals surface area contributed by atoms with E-state index in [1.54, 1.807) is 6.07 Å². The second kappa shape index (κ2) is 4.43. The Bertz CT molecular complexity index is 788. The van der Waals surface area contributed by atoms with E-state index in [9.17, 15) is 9.59 Å². The van der Waals surface area contributed by atoms with Gasteiger partial charge in [-0.15, -0.1) is 0 Å². The SMILES string of the molecule is O=C1c2ccccc2NC1C1C(=O)Nc2cc(Br)ccc21. The number of carbonyl (C=O) groups is 2. The zero-order valence-corrected chi connectivity index (χ0v) is 12.5. The molecule has 0 aliphatic carbocycles. The van der Waals surface area contributed by atoms with E-state index in [4.69, 9.17) is 0 Å². The smallest absolute Gasteiger partial charge is 0.234 e. The van der Waals surface area contributed by atoms with E-state index in [0.717, 1.165) is 21.4 Å². The Labute approximate surface area is 129 Å². The Hall–Kier alpha value is -2.14. The number of carbonyl (C=O) groups excluding carboxylic acids is 2. The third kappa shape index (κ3) is 1.81. The molecule has 0 saturated heterocycles. The quantitative estimate of drug-likeness (QED) is 0.836. The summed E-state index contributed by atoms with van der Waals surface area (Å²) in [4.78, 5) is 24.9. The molecule has 21 heavy (non-hydrogen) atoms. The minimum atomic E-state index is -0.537. The molecule has 4 nitrogen and oxygen atoms in total. The summed E-state index contributed by atoms with van der Waals surface area (Å²) in [6.45, 7) is 0. The molecule has 0 aromatic heterocycles. The molecule has 2 aromatic rings. The van der Waals surface area contributed by atoms with Crippen molar-refractivity contribution in [2.75, 3.05) is 10.6 Å². The molecule has 2 unspecified atom stereocenters. The largest absolute Gasteiger partial charge is 0.373 e. The lowest BCUT2D eigenvalue weighted by atomic mass is 9.90. The van der Waals surface area contributed by atoms with E-state index in [1.165, 1.54) is 0 Å². The lowest BCUT2D eigenvalue weighted by Crippen LogP contribution is -2.34. The lowest BCUT2D eigenvalue weighted by Gasteiger charge is -2.16. The molecular formula is C16H11BrN2O2. The number of ketones is 1. The molecule has 4 rings (SSSR count). The highest BCUT2D eigenvalue weighted by Crippen LogP contribution is 2.40. The first-order chi connectivity index (χ1) is 10.1. The van der Waals surface area contributed by atoms with Crippen molar-refractivity contribution in [3.63, 3.8) is 0 Å². The van der Waals surface area contributed by atoms with Crippen molar-refractivity contribution in [2.45, 2.75) is 12.0 Å². The number of amides is 1. The molecule has 104 valence electrons. The first-order valence-corrected chi connectivity index (χ1v) is 7.44. The van der Waals surface area contributed by atoms with Crippen LogP contribution in [0.15, 0.2) is 46.9 Å². The van der Waals surface area contributed by atoms with Gasteiger partial charge in [0.25, 0.3) is 0 Å². The number of hydrogen-bond acceptors (Lipinski definition) is 3. The van der Waals surface area contributed by atoms with Crippen molar-refractivity contribution in [2.24, 2.45) is 0 Å². The maximum atomic E-state index is 12.6. The number of hydrogen-bond donors (Lipinski definition) is 2. The van der Waals surface area contributed by atoms with Crippen molar-refractivity contribution in [1.29, 1.82) is 0 Å². The fourth-order valence-electron chi connectivity index (χ4n) is 3.05. The zero-order chi connectivity index (χ0) is 14.6. The molecule has 0 radical (unpaired) electrons. The van der Waals surface area contributed by atoms with Gasteiger partial charge >= 0.3 is 0 Å². The van der Waals surface area contributed by atoms with E-state index in [1.807, 2.05) is 36.4 Å². The number of anilines is 2. The maximum absolute atomic E-state index is 12.6. The number of Topliss-reactive ketones (excluding diaryl/α,β-unsaturated/α-hetero) is 1. The number of nitrogens with one attached hydrogen (secondary N) is 2. The van der Waals surface area contributed by atoms with Gasteiger partial charge in [-0.1, -0.05) is 34.1 Å². The van der Waals surface area contributed by atoms with E-state index in [-0.39, 0.29) is 11.7 Å². The number of halogens is 1. The van der Waals surface area contributed by atoms with Crippen LogP contribution < -0.4 is 10.6 Å². The van der Waals surface area contributed by atoms with Gasteiger partial charge in [0.1, 0.15) is 6.04 Å². The van der Waals surface area contributed by atoms with Crippen molar-refractivity contribution in [1.82, 2.24) is 0 Å². The summed E-state index contributed by atoms with van der Waals surface area (Å²) < 4.78 is 0.899. The highest BCUT2D eigenvalue weighted by atomic mass is 79.9. The second-order valence-corrected chi connectivity index (χ2v) is 6.15. The summed E-state index contributed by atoms with van der Waals surface area (Å²) in [7, 11) is 0. The molecule has 2 N–H and O–H groups in total. The molecule has 1 amide bonds. The van der Waals surface area contributed by atoms with E-state index in [0.29, 0.717) is 5.56 Å². The molecular weight excluding hydrogens is 332 g/mol. The molecule has 2 atom stereocenters. The Kier molecular flexibility index (Phi) is 2.65. The Morgan fingerprint density at radius 2 is 1.81 bits per heavy atom. The summed E-state index contributed by atoms with van der Waals surface area (Å²) in [5.74, 6) is -0.656. The summed E-state index contributed by atoms with van der Waals surface area (Å²) in [5, 5.41) is 6.04. The molecule has 2 aliphatic rings. The van der Waals surface area contributed by atoms with Gasteiger partial charge in [-0.05, 0) is 29.8 Å². The van der Waals surface area contributed by atoms with Gasteiger partial charge in [-0.2, -0.15) is 0 Å². The van der Waals surface area contributed by atoms with Crippen LogP contribution in [-0.2, 0) is 4.79 Å².